The predicted molar refractivity (Wildman–Crippen MR) is 125 cm³/mol. The van der Waals surface area contributed by atoms with Crippen molar-refractivity contribution in [3.8, 4) is 0 Å². The lowest BCUT2D eigenvalue weighted by molar-refractivity contribution is 0.0736. The first-order chi connectivity index (χ1) is 14.8. The normalized spacial score (nSPS) is 14.9. The zero-order chi connectivity index (χ0) is 20.3. The van der Waals surface area contributed by atoms with Crippen molar-refractivity contribution in [3.05, 3.63) is 64.7 Å². The Morgan fingerprint density at radius 3 is 2.83 bits per heavy atom. The molecule has 30 heavy (non-hydrogen) atoms. The number of nitrogens with zero attached hydrogens (tertiary/aromatic N) is 3. The molecule has 0 bridgehead atoms. The van der Waals surface area contributed by atoms with E-state index in [4.69, 9.17) is 4.42 Å². The lowest BCUT2D eigenvalue weighted by Gasteiger charge is -2.21. The highest BCUT2D eigenvalue weighted by molar-refractivity contribution is 8.00. The Bertz CT molecular complexity index is 1120. The number of thiazole rings is 1. The van der Waals surface area contributed by atoms with Gasteiger partial charge in [-0.15, -0.1) is 34.4 Å². The number of thiophene rings is 1. The minimum absolute atomic E-state index is 0.00558. The van der Waals surface area contributed by atoms with Gasteiger partial charge in [0.25, 0.3) is 5.91 Å². The minimum atomic E-state index is -0.00558. The molecule has 8 heteroatoms. The van der Waals surface area contributed by atoms with Gasteiger partial charge < -0.3 is 14.2 Å². The maximum atomic E-state index is 13.5. The number of benzene rings is 1. The van der Waals surface area contributed by atoms with Crippen molar-refractivity contribution in [2.24, 2.45) is 0 Å². The number of carbonyl (C=O) groups excluding carboxylic acids is 1. The summed E-state index contributed by atoms with van der Waals surface area (Å²) in [7, 11) is 0. The molecule has 5 nitrogen and oxygen atoms in total. The second-order valence-electron chi connectivity index (χ2n) is 7.07. The van der Waals surface area contributed by atoms with E-state index < -0.39 is 0 Å². The number of amides is 1. The van der Waals surface area contributed by atoms with Crippen LogP contribution in [0.25, 0.3) is 11.0 Å². The molecule has 3 aromatic heterocycles. The summed E-state index contributed by atoms with van der Waals surface area (Å²) < 4.78 is 7.34. The van der Waals surface area contributed by atoms with Crippen molar-refractivity contribution in [1.82, 2.24) is 9.88 Å². The number of carbonyl (C=O) groups is 1. The van der Waals surface area contributed by atoms with Crippen LogP contribution in [0.4, 0.5) is 5.13 Å². The highest BCUT2D eigenvalue weighted by Gasteiger charge is 2.27. The van der Waals surface area contributed by atoms with Crippen LogP contribution >= 0.6 is 34.4 Å². The summed E-state index contributed by atoms with van der Waals surface area (Å²) >= 11 is 5.12. The van der Waals surface area contributed by atoms with Gasteiger partial charge >= 0.3 is 0 Å². The standard InChI is InChI=1S/C22H21N3O2S3/c26-21(24-9-4-10-25(12-11-24)22-23-8-14-29-22)20-17(15-30-19-7-3-13-28-19)16-5-1-2-6-18(16)27-20/h1-3,5-8,13-14H,4,9-12,15H2. The van der Waals surface area contributed by atoms with Crippen molar-refractivity contribution in [2.75, 3.05) is 31.1 Å². The Kier molecular flexibility index (Phi) is 5.79. The molecule has 0 spiro atoms. The van der Waals surface area contributed by atoms with Crippen LogP contribution in [-0.2, 0) is 5.75 Å². The van der Waals surface area contributed by atoms with Crippen LogP contribution in [0, 0.1) is 0 Å². The van der Waals surface area contributed by atoms with Gasteiger partial charge in [0, 0.05) is 54.5 Å². The van der Waals surface area contributed by atoms with Crippen LogP contribution in [0.15, 0.2) is 62.0 Å². The highest BCUT2D eigenvalue weighted by atomic mass is 32.2. The number of para-hydroxylation sites is 1. The molecular weight excluding hydrogens is 434 g/mol. The summed E-state index contributed by atoms with van der Waals surface area (Å²) in [6.07, 6.45) is 2.75. The van der Waals surface area contributed by atoms with E-state index in [1.165, 1.54) is 4.21 Å². The molecule has 0 N–H and O–H groups in total. The summed E-state index contributed by atoms with van der Waals surface area (Å²) in [4.78, 5) is 22.1. The van der Waals surface area contributed by atoms with Gasteiger partial charge in [-0.1, -0.05) is 24.3 Å². The molecule has 0 unspecified atom stereocenters. The molecule has 0 saturated carbocycles. The first-order valence-corrected chi connectivity index (χ1v) is 12.6. The molecule has 1 amide bonds. The molecule has 0 radical (unpaired) electrons. The molecule has 1 aliphatic rings. The fourth-order valence-corrected chi connectivity index (χ4v) is 6.24. The van der Waals surface area contributed by atoms with Gasteiger partial charge in [0.15, 0.2) is 10.9 Å². The van der Waals surface area contributed by atoms with Crippen LogP contribution in [0.1, 0.15) is 22.5 Å². The number of aromatic nitrogens is 1. The van der Waals surface area contributed by atoms with E-state index in [2.05, 4.69) is 27.4 Å². The minimum Gasteiger partial charge on any atom is -0.451 e. The van der Waals surface area contributed by atoms with Crippen LogP contribution in [-0.4, -0.2) is 42.0 Å². The first kappa shape index (κ1) is 19.7. The van der Waals surface area contributed by atoms with Crippen molar-refractivity contribution < 1.29 is 9.21 Å². The van der Waals surface area contributed by atoms with Crippen molar-refractivity contribution in [2.45, 2.75) is 16.4 Å². The summed E-state index contributed by atoms with van der Waals surface area (Å²) in [5.74, 6) is 1.20. The Morgan fingerprint density at radius 2 is 2.00 bits per heavy atom. The Labute approximate surface area is 187 Å². The number of fused-ring (bicyclic) bond motifs is 1. The molecule has 1 saturated heterocycles. The molecule has 0 atom stereocenters. The van der Waals surface area contributed by atoms with E-state index in [0.717, 1.165) is 53.5 Å². The number of hydrogen-bond donors (Lipinski definition) is 0. The number of thioether (sulfide) groups is 1. The van der Waals surface area contributed by atoms with E-state index in [1.807, 2.05) is 40.7 Å². The van der Waals surface area contributed by atoms with E-state index in [0.29, 0.717) is 12.3 Å². The summed E-state index contributed by atoms with van der Waals surface area (Å²) in [5.41, 5.74) is 1.77. The zero-order valence-electron chi connectivity index (χ0n) is 16.3. The number of rotatable bonds is 5. The molecule has 0 aliphatic carbocycles. The van der Waals surface area contributed by atoms with E-state index in [9.17, 15) is 4.79 Å². The van der Waals surface area contributed by atoms with Crippen molar-refractivity contribution in [1.29, 1.82) is 0 Å². The average molecular weight is 456 g/mol. The lowest BCUT2D eigenvalue weighted by Crippen LogP contribution is -2.35. The Morgan fingerprint density at radius 1 is 1.07 bits per heavy atom. The van der Waals surface area contributed by atoms with Gasteiger partial charge in [0.1, 0.15) is 5.58 Å². The third-order valence-electron chi connectivity index (χ3n) is 5.22. The van der Waals surface area contributed by atoms with Gasteiger partial charge in [-0.3, -0.25) is 4.79 Å². The summed E-state index contributed by atoms with van der Waals surface area (Å²) in [5, 5.41) is 6.13. The first-order valence-electron chi connectivity index (χ1n) is 9.90. The predicted octanol–water partition coefficient (Wildman–Crippen LogP) is 5.60. The smallest absolute Gasteiger partial charge is 0.289 e. The van der Waals surface area contributed by atoms with Gasteiger partial charge in [0.05, 0.1) is 4.21 Å². The fourth-order valence-electron chi connectivity index (χ4n) is 3.73. The molecule has 1 aliphatic heterocycles. The SMILES string of the molecule is O=C(c1oc2ccccc2c1CSc1cccs1)N1CCCN(c2nccs2)CC1. The molecule has 4 heterocycles. The second-order valence-corrected chi connectivity index (χ2v) is 10.2. The van der Waals surface area contributed by atoms with Gasteiger partial charge in [-0.2, -0.15) is 0 Å². The number of furan rings is 1. The fraction of sp³-hybridized carbons (Fsp3) is 0.273. The quantitative estimate of drug-likeness (QED) is 0.367. The molecule has 1 fully saturated rings. The maximum Gasteiger partial charge on any atom is 0.289 e. The lowest BCUT2D eigenvalue weighted by atomic mass is 10.1. The molecule has 5 rings (SSSR count). The second kappa shape index (κ2) is 8.83. The van der Waals surface area contributed by atoms with Crippen molar-refractivity contribution in [3.63, 3.8) is 0 Å². The van der Waals surface area contributed by atoms with Gasteiger partial charge in [-0.25, -0.2) is 4.98 Å². The van der Waals surface area contributed by atoms with Gasteiger partial charge in [-0.05, 0) is 23.9 Å². The topological polar surface area (TPSA) is 49.6 Å². The third kappa shape index (κ3) is 3.99. The van der Waals surface area contributed by atoms with Crippen molar-refractivity contribution >= 4 is 56.4 Å². The Balaban J connectivity index is 1.39. The molecule has 4 aromatic rings. The van der Waals surface area contributed by atoms with Crippen LogP contribution in [0.2, 0.25) is 0 Å². The number of hydrogen-bond acceptors (Lipinski definition) is 7. The number of anilines is 1. The third-order valence-corrected chi connectivity index (χ3v) is 8.21. The van der Waals surface area contributed by atoms with E-state index in [1.54, 1.807) is 34.4 Å². The zero-order valence-corrected chi connectivity index (χ0v) is 18.8. The van der Waals surface area contributed by atoms with E-state index >= 15 is 0 Å². The summed E-state index contributed by atoms with van der Waals surface area (Å²) in [6.45, 7) is 3.11. The van der Waals surface area contributed by atoms with Crippen LogP contribution in [0.5, 0.6) is 0 Å². The largest absolute Gasteiger partial charge is 0.451 e. The Hall–Kier alpha value is -2.29. The highest BCUT2D eigenvalue weighted by Crippen LogP contribution is 2.34. The maximum absolute atomic E-state index is 13.5. The van der Waals surface area contributed by atoms with Gasteiger partial charge in [0.2, 0.25) is 0 Å². The van der Waals surface area contributed by atoms with Crippen LogP contribution < -0.4 is 4.90 Å². The molecule has 1 aromatic carbocycles. The van der Waals surface area contributed by atoms with Crippen LogP contribution in [0.3, 0.4) is 0 Å². The average Bonchev–Trinajstić information content (AvgIpc) is 3.51. The van der Waals surface area contributed by atoms with E-state index in [-0.39, 0.29) is 5.91 Å². The molecular formula is C22H21N3O2S3. The summed E-state index contributed by atoms with van der Waals surface area (Å²) in [6, 6.07) is 12.1. The molecule has 154 valence electrons. The monoisotopic (exact) mass is 455 g/mol.